The lowest BCUT2D eigenvalue weighted by molar-refractivity contribution is 0.660. The average Bonchev–Trinajstić information content (AvgIpc) is 3.61. The fraction of sp³-hybridized carbons (Fsp3) is 0.0952. The zero-order valence-electron chi connectivity index (χ0n) is 25.7. The Bertz CT molecular complexity index is 2380. The average molecular weight is 594 g/mol. The second-order valence-electron chi connectivity index (χ2n) is 12.6. The predicted molar refractivity (Wildman–Crippen MR) is 189 cm³/mol. The van der Waals surface area contributed by atoms with Gasteiger partial charge in [-0.05, 0) is 57.1 Å². The van der Waals surface area contributed by atoms with Gasteiger partial charge in [0.15, 0.2) is 6.17 Å². The molecule has 0 bridgehead atoms. The van der Waals surface area contributed by atoms with E-state index in [0.29, 0.717) is 0 Å². The maximum absolute atomic E-state index is 6.42. The first-order valence-electron chi connectivity index (χ1n) is 15.8. The number of para-hydroxylation sites is 2. The molecule has 1 unspecified atom stereocenters. The summed E-state index contributed by atoms with van der Waals surface area (Å²) in [6.07, 6.45) is -0.438. The van der Waals surface area contributed by atoms with Crippen molar-refractivity contribution in [3.8, 4) is 22.3 Å². The third kappa shape index (κ3) is 4.07. The number of benzene rings is 6. The Morgan fingerprint density at radius 2 is 1.22 bits per heavy atom. The van der Waals surface area contributed by atoms with Crippen molar-refractivity contribution >= 4 is 33.6 Å². The number of fused-ring (bicyclic) bond motifs is 6. The van der Waals surface area contributed by atoms with Crippen LogP contribution in [-0.4, -0.2) is 11.7 Å². The van der Waals surface area contributed by atoms with Gasteiger partial charge in [0.2, 0.25) is 0 Å². The van der Waals surface area contributed by atoms with Crippen LogP contribution >= 0.6 is 0 Å². The number of hydrogen-bond donors (Lipinski definition) is 1. The van der Waals surface area contributed by atoms with Crippen molar-refractivity contribution in [3.63, 3.8) is 0 Å². The van der Waals surface area contributed by atoms with Gasteiger partial charge in [0.25, 0.3) is 0 Å². The van der Waals surface area contributed by atoms with Crippen molar-refractivity contribution in [2.24, 2.45) is 9.98 Å². The molecular formula is C42H31N3O. The smallest absolute Gasteiger partial charge is 0.169 e. The summed E-state index contributed by atoms with van der Waals surface area (Å²) < 4.78 is 6.42. The van der Waals surface area contributed by atoms with Gasteiger partial charge in [0, 0.05) is 21.8 Å². The molecule has 2 aliphatic rings. The van der Waals surface area contributed by atoms with Gasteiger partial charge in [-0.3, -0.25) is 0 Å². The van der Waals surface area contributed by atoms with Crippen molar-refractivity contribution in [1.82, 2.24) is 5.32 Å². The monoisotopic (exact) mass is 593 g/mol. The highest BCUT2D eigenvalue weighted by Gasteiger charge is 2.36. The van der Waals surface area contributed by atoms with E-state index < -0.39 is 6.17 Å². The highest BCUT2D eigenvalue weighted by Crippen LogP contribution is 2.52. The standard InChI is InChI=1S/C42H31N3O/c1-42(2)34-22-8-6-18-32(34)37-29(19-12-23-35(37)42)27-15-10-16-28(25-27)40-43-39(26-13-4-3-5-14-26)44-41(45-40)33-21-11-20-31-30-17-7-9-24-36(30)46-38(31)33/h3-25,40H,1-2H3,(H,43,44,45). The van der Waals surface area contributed by atoms with Gasteiger partial charge in [-0.25, -0.2) is 9.98 Å². The lowest BCUT2D eigenvalue weighted by atomic mass is 9.82. The molecule has 46 heavy (non-hydrogen) atoms. The van der Waals surface area contributed by atoms with Gasteiger partial charge in [-0.15, -0.1) is 0 Å². The zero-order chi connectivity index (χ0) is 30.8. The first-order chi connectivity index (χ1) is 22.6. The molecule has 4 heteroatoms. The number of amidine groups is 2. The molecule has 2 heterocycles. The van der Waals surface area contributed by atoms with Crippen molar-refractivity contribution in [2.45, 2.75) is 25.4 Å². The molecule has 0 saturated heterocycles. The lowest BCUT2D eigenvalue weighted by Crippen LogP contribution is -2.36. The molecule has 1 aliphatic carbocycles. The van der Waals surface area contributed by atoms with E-state index in [-0.39, 0.29) is 5.41 Å². The number of aliphatic imine (C=N–C) groups is 2. The van der Waals surface area contributed by atoms with E-state index in [1.807, 2.05) is 36.4 Å². The quantitative estimate of drug-likeness (QED) is 0.221. The number of furan rings is 1. The van der Waals surface area contributed by atoms with E-state index in [0.717, 1.165) is 55.9 Å². The topological polar surface area (TPSA) is 49.9 Å². The van der Waals surface area contributed by atoms with Crippen molar-refractivity contribution < 1.29 is 4.42 Å². The first kappa shape index (κ1) is 26.6. The summed E-state index contributed by atoms with van der Waals surface area (Å²) in [7, 11) is 0. The Morgan fingerprint density at radius 1 is 0.565 bits per heavy atom. The van der Waals surface area contributed by atoms with Crippen LogP contribution in [0.4, 0.5) is 0 Å². The molecule has 9 rings (SSSR count). The van der Waals surface area contributed by atoms with Crippen LogP contribution in [0, 0.1) is 0 Å². The molecule has 0 saturated carbocycles. The fourth-order valence-electron chi connectivity index (χ4n) is 7.27. The molecule has 0 radical (unpaired) electrons. The highest BCUT2D eigenvalue weighted by molar-refractivity contribution is 6.21. The molecule has 220 valence electrons. The summed E-state index contributed by atoms with van der Waals surface area (Å²) in [5.41, 5.74) is 12.3. The molecule has 0 fully saturated rings. The third-order valence-corrected chi connectivity index (χ3v) is 9.55. The summed E-state index contributed by atoms with van der Waals surface area (Å²) >= 11 is 0. The molecule has 0 spiro atoms. The van der Waals surface area contributed by atoms with Crippen LogP contribution in [0.1, 0.15) is 47.8 Å². The van der Waals surface area contributed by atoms with E-state index in [1.54, 1.807) is 0 Å². The predicted octanol–water partition coefficient (Wildman–Crippen LogP) is 10.1. The van der Waals surface area contributed by atoms with Gasteiger partial charge < -0.3 is 9.73 Å². The summed E-state index contributed by atoms with van der Waals surface area (Å²) in [5.74, 6) is 1.52. The molecule has 1 N–H and O–H groups in total. The van der Waals surface area contributed by atoms with E-state index >= 15 is 0 Å². The highest BCUT2D eigenvalue weighted by atomic mass is 16.3. The summed E-state index contributed by atoms with van der Waals surface area (Å²) in [6.45, 7) is 4.65. The van der Waals surface area contributed by atoms with Gasteiger partial charge >= 0.3 is 0 Å². The van der Waals surface area contributed by atoms with E-state index in [2.05, 4.69) is 122 Å². The molecule has 1 aromatic heterocycles. The fourth-order valence-corrected chi connectivity index (χ4v) is 7.27. The Morgan fingerprint density at radius 3 is 2.13 bits per heavy atom. The molecule has 4 nitrogen and oxygen atoms in total. The SMILES string of the molecule is CC1(C)c2ccccc2-c2c(-c3cccc(C4N=C(c5ccccc5)NC(c5cccc6c5oc5ccccc56)=N4)c3)cccc21. The Kier molecular flexibility index (Phi) is 5.88. The van der Waals surface area contributed by atoms with Crippen LogP contribution in [0.3, 0.4) is 0 Å². The van der Waals surface area contributed by atoms with Gasteiger partial charge in [-0.2, -0.15) is 0 Å². The summed E-state index contributed by atoms with van der Waals surface area (Å²) in [6, 6.07) is 48.9. The summed E-state index contributed by atoms with van der Waals surface area (Å²) in [5, 5.41) is 5.73. The minimum atomic E-state index is -0.438. The van der Waals surface area contributed by atoms with Crippen LogP contribution in [-0.2, 0) is 5.41 Å². The minimum absolute atomic E-state index is 0.0552. The maximum Gasteiger partial charge on any atom is 0.169 e. The number of hydrogen-bond acceptors (Lipinski definition) is 4. The Labute approximate surface area is 267 Å². The molecular weight excluding hydrogens is 562 g/mol. The molecule has 1 aliphatic heterocycles. The van der Waals surface area contributed by atoms with Crippen LogP contribution in [0.5, 0.6) is 0 Å². The normalized spacial score (nSPS) is 16.4. The number of rotatable bonds is 4. The second-order valence-corrected chi connectivity index (χ2v) is 12.6. The van der Waals surface area contributed by atoms with E-state index in [1.165, 1.54) is 27.8 Å². The first-order valence-corrected chi connectivity index (χ1v) is 15.8. The second kappa shape index (κ2) is 10.1. The Hall–Kier alpha value is -5.74. The molecule has 0 amide bonds. The zero-order valence-corrected chi connectivity index (χ0v) is 25.7. The number of nitrogens with zero attached hydrogens (tertiary/aromatic N) is 2. The maximum atomic E-state index is 6.42. The van der Waals surface area contributed by atoms with Gasteiger partial charge in [0.05, 0.1) is 5.56 Å². The minimum Gasteiger partial charge on any atom is -0.455 e. The van der Waals surface area contributed by atoms with Crippen LogP contribution < -0.4 is 5.32 Å². The van der Waals surface area contributed by atoms with Crippen LogP contribution in [0.2, 0.25) is 0 Å². The van der Waals surface area contributed by atoms with Gasteiger partial charge in [0.1, 0.15) is 22.8 Å². The summed E-state index contributed by atoms with van der Waals surface area (Å²) in [4.78, 5) is 10.4. The van der Waals surface area contributed by atoms with Crippen molar-refractivity contribution in [2.75, 3.05) is 0 Å². The van der Waals surface area contributed by atoms with Crippen LogP contribution in [0.25, 0.3) is 44.2 Å². The largest absolute Gasteiger partial charge is 0.455 e. The van der Waals surface area contributed by atoms with E-state index in [9.17, 15) is 0 Å². The Balaban J connectivity index is 1.20. The lowest BCUT2D eigenvalue weighted by Gasteiger charge is -2.23. The molecule has 6 aromatic carbocycles. The number of nitrogens with one attached hydrogen (secondary N) is 1. The third-order valence-electron chi connectivity index (χ3n) is 9.55. The van der Waals surface area contributed by atoms with Crippen molar-refractivity contribution in [3.05, 3.63) is 167 Å². The molecule has 1 atom stereocenters. The van der Waals surface area contributed by atoms with Crippen LogP contribution in [0.15, 0.2) is 154 Å². The molecule has 7 aromatic rings. The van der Waals surface area contributed by atoms with Crippen molar-refractivity contribution in [1.29, 1.82) is 0 Å². The van der Waals surface area contributed by atoms with E-state index in [4.69, 9.17) is 14.4 Å². The van der Waals surface area contributed by atoms with Gasteiger partial charge in [-0.1, -0.05) is 135 Å².